The predicted molar refractivity (Wildman–Crippen MR) is 113 cm³/mol. The molecule has 4 rings (SSSR count). The van der Waals surface area contributed by atoms with Crippen LogP contribution in [0.15, 0.2) is 48.5 Å². The first-order valence-electron chi connectivity index (χ1n) is 10.1. The quantitative estimate of drug-likeness (QED) is 0.524. The molecule has 1 aliphatic carbocycles. The van der Waals surface area contributed by atoms with Gasteiger partial charge in [-0.3, -0.25) is 9.78 Å². The molecule has 2 aromatic carbocycles. The molecule has 0 bridgehead atoms. The van der Waals surface area contributed by atoms with Gasteiger partial charge >= 0.3 is 5.97 Å². The van der Waals surface area contributed by atoms with Gasteiger partial charge in [0, 0.05) is 16.8 Å². The first-order chi connectivity index (χ1) is 14.1. The number of aryl methyl sites for hydroxylation is 2. The lowest BCUT2D eigenvalue weighted by Crippen LogP contribution is -2.22. The molecule has 0 radical (unpaired) electrons. The van der Waals surface area contributed by atoms with E-state index >= 15 is 0 Å². The first-order valence-corrected chi connectivity index (χ1v) is 10.1. The zero-order chi connectivity index (χ0) is 20.2. The summed E-state index contributed by atoms with van der Waals surface area (Å²) in [6.45, 7) is 1.60. The largest absolute Gasteiger partial charge is 0.452 e. The lowest BCUT2D eigenvalue weighted by molar-refractivity contribution is -0.119. The predicted octanol–water partition coefficient (Wildman–Crippen LogP) is 4.61. The number of nitrogens with one attached hydrogen (secondary N) is 1. The summed E-state index contributed by atoms with van der Waals surface area (Å²) in [6, 6.07) is 15.1. The number of aromatic nitrogens is 1. The third kappa shape index (κ3) is 4.14. The molecule has 1 aliphatic rings. The number of rotatable bonds is 4. The number of carbonyl (C=O) groups is 2. The van der Waals surface area contributed by atoms with Crippen molar-refractivity contribution in [2.75, 3.05) is 11.9 Å². The van der Waals surface area contributed by atoms with E-state index in [1.54, 1.807) is 0 Å². The van der Waals surface area contributed by atoms with E-state index in [9.17, 15) is 9.59 Å². The van der Waals surface area contributed by atoms with Gasteiger partial charge in [-0.05, 0) is 55.9 Å². The summed E-state index contributed by atoms with van der Waals surface area (Å²) in [7, 11) is 0. The SMILES string of the molecule is Cc1ccccc1NC(=O)COC(=O)c1c2c(nc3ccccc13)CCCCC2. The van der Waals surface area contributed by atoms with E-state index in [1.807, 2.05) is 55.5 Å². The Morgan fingerprint density at radius 2 is 1.76 bits per heavy atom. The van der Waals surface area contributed by atoms with Crippen LogP contribution in [0, 0.1) is 6.92 Å². The number of fused-ring (bicyclic) bond motifs is 2. The summed E-state index contributed by atoms with van der Waals surface area (Å²) in [6.07, 6.45) is 4.91. The van der Waals surface area contributed by atoms with Gasteiger partial charge in [-0.25, -0.2) is 4.79 Å². The van der Waals surface area contributed by atoms with Crippen LogP contribution in [0.3, 0.4) is 0 Å². The van der Waals surface area contributed by atoms with Gasteiger partial charge in [0.2, 0.25) is 0 Å². The van der Waals surface area contributed by atoms with E-state index in [0.717, 1.165) is 65.5 Å². The number of pyridine rings is 1. The number of hydrogen-bond acceptors (Lipinski definition) is 4. The summed E-state index contributed by atoms with van der Waals surface area (Å²) in [4.78, 5) is 30.1. The van der Waals surface area contributed by atoms with E-state index < -0.39 is 5.97 Å². The molecular weight excluding hydrogens is 364 g/mol. The highest BCUT2D eigenvalue weighted by Crippen LogP contribution is 2.29. The Bertz CT molecular complexity index is 1070. The van der Waals surface area contributed by atoms with Gasteiger partial charge in [0.1, 0.15) is 0 Å². The van der Waals surface area contributed by atoms with Crippen molar-refractivity contribution in [2.24, 2.45) is 0 Å². The maximum atomic E-state index is 13.0. The van der Waals surface area contributed by atoms with Crippen molar-refractivity contribution in [3.8, 4) is 0 Å². The minimum absolute atomic E-state index is 0.321. The number of benzene rings is 2. The van der Waals surface area contributed by atoms with Crippen LogP contribution in [0.25, 0.3) is 10.9 Å². The fraction of sp³-hybridized carbons (Fsp3) is 0.292. The number of hydrogen-bond donors (Lipinski definition) is 1. The van der Waals surface area contributed by atoms with Crippen molar-refractivity contribution in [2.45, 2.75) is 39.0 Å². The number of ether oxygens (including phenoxy) is 1. The molecule has 0 atom stereocenters. The van der Waals surface area contributed by atoms with Crippen LogP contribution in [-0.4, -0.2) is 23.5 Å². The minimum Gasteiger partial charge on any atom is -0.452 e. The Labute approximate surface area is 170 Å². The number of carbonyl (C=O) groups excluding carboxylic acids is 2. The van der Waals surface area contributed by atoms with Gasteiger partial charge in [-0.1, -0.05) is 42.8 Å². The first kappa shape index (κ1) is 19.1. The Hall–Kier alpha value is -3.21. The smallest absolute Gasteiger partial charge is 0.339 e. The van der Waals surface area contributed by atoms with Gasteiger partial charge in [0.25, 0.3) is 5.91 Å². The lowest BCUT2D eigenvalue weighted by atomic mass is 9.97. The Balaban J connectivity index is 1.57. The van der Waals surface area contributed by atoms with E-state index in [-0.39, 0.29) is 12.5 Å². The van der Waals surface area contributed by atoms with Crippen molar-refractivity contribution in [1.82, 2.24) is 4.98 Å². The second-order valence-corrected chi connectivity index (χ2v) is 7.43. The Morgan fingerprint density at radius 3 is 2.62 bits per heavy atom. The molecule has 0 spiro atoms. The fourth-order valence-corrected chi connectivity index (χ4v) is 3.89. The van der Waals surface area contributed by atoms with Gasteiger partial charge in [-0.2, -0.15) is 0 Å². The number of esters is 1. The molecule has 148 valence electrons. The number of nitrogens with zero attached hydrogens (tertiary/aromatic N) is 1. The molecular formula is C24H24N2O3. The number of anilines is 1. The van der Waals surface area contributed by atoms with Crippen molar-refractivity contribution in [3.05, 3.63) is 70.9 Å². The summed E-state index contributed by atoms with van der Waals surface area (Å²) >= 11 is 0. The fourth-order valence-electron chi connectivity index (χ4n) is 3.89. The standard InChI is InChI=1S/C24H24N2O3/c1-16-9-5-7-12-19(16)26-22(27)15-29-24(28)23-17-10-3-2-4-13-20(17)25-21-14-8-6-11-18(21)23/h5-9,11-12,14H,2-4,10,13,15H2,1H3,(H,26,27). The second-order valence-electron chi connectivity index (χ2n) is 7.43. The molecule has 3 aromatic rings. The molecule has 0 aliphatic heterocycles. The molecule has 5 heteroatoms. The molecule has 5 nitrogen and oxygen atoms in total. The summed E-state index contributed by atoms with van der Waals surface area (Å²) < 4.78 is 5.44. The monoisotopic (exact) mass is 388 g/mol. The topological polar surface area (TPSA) is 68.3 Å². The van der Waals surface area contributed by atoms with Gasteiger partial charge < -0.3 is 10.1 Å². The third-order valence-electron chi connectivity index (χ3n) is 5.38. The van der Waals surface area contributed by atoms with Crippen LogP contribution >= 0.6 is 0 Å². The van der Waals surface area contributed by atoms with Gasteiger partial charge in [0.15, 0.2) is 6.61 Å². The van der Waals surface area contributed by atoms with Crippen LogP contribution in [0.5, 0.6) is 0 Å². The number of amides is 1. The zero-order valence-corrected chi connectivity index (χ0v) is 16.5. The van der Waals surface area contributed by atoms with E-state index in [2.05, 4.69) is 5.32 Å². The van der Waals surface area contributed by atoms with Gasteiger partial charge in [0.05, 0.1) is 11.1 Å². The molecule has 0 saturated heterocycles. The molecule has 29 heavy (non-hydrogen) atoms. The van der Waals surface area contributed by atoms with Crippen LogP contribution < -0.4 is 5.32 Å². The molecule has 1 aromatic heterocycles. The zero-order valence-electron chi connectivity index (χ0n) is 16.5. The highest BCUT2D eigenvalue weighted by Gasteiger charge is 2.23. The molecule has 0 fully saturated rings. The lowest BCUT2D eigenvalue weighted by Gasteiger charge is -2.15. The highest BCUT2D eigenvalue weighted by atomic mass is 16.5. The van der Waals surface area contributed by atoms with Gasteiger partial charge in [-0.15, -0.1) is 0 Å². The van der Waals surface area contributed by atoms with Crippen LogP contribution in [0.4, 0.5) is 5.69 Å². The van der Waals surface area contributed by atoms with Crippen molar-refractivity contribution in [3.63, 3.8) is 0 Å². The number of para-hydroxylation sites is 2. The normalized spacial score (nSPS) is 13.4. The second kappa shape index (κ2) is 8.43. The Morgan fingerprint density at radius 1 is 1.00 bits per heavy atom. The average molecular weight is 388 g/mol. The maximum Gasteiger partial charge on any atom is 0.339 e. The summed E-state index contributed by atoms with van der Waals surface area (Å²) in [5.74, 6) is -0.807. The van der Waals surface area contributed by atoms with Crippen LogP contribution in [-0.2, 0) is 22.4 Å². The molecule has 1 N–H and O–H groups in total. The summed E-state index contributed by atoms with van der Waals surface area (Å²) in [5.41, 5.74) is 5.00. The van der Waals surface area contributed by atoms with Crippen molar-refractivity contribution in [1.29, 1.82) is 0 Å². The van der Waals surface area contributed by atoms with E-state index in [1.165, 1.54) is 0 Å². The Kier molecular flexibility index (Phi) is 5.56. The molecule has 1 amide bonds. The van der Waals surface area contributed by atoms with Crippen LogP contribution in [0.1, 0.15) is 46.4 Å². The van der Waals surface area contributed by atoms with Crippen LogP contribution in [0.2, 0.25) is 0 Å². The van der Waals surface area contributed by atoms with E-state index in [0.29, 0.717) is 5.56 Å². The van der Waals surface area contributed by atoms with E-state index in [4.69, 9.17) is 9.72 Å². The van der Waals surface area contributed by atoms with Crippen molar-refractivity contribution >= 4 is 28.5 Å². The molecule has 1 heterocycles. The molecule has 0 saturated carbocycles. The molecule has 0 unspecified atom stereocenters. The van der Waals surface area contributed by atoms with Crippen molar-refractivity contribution < 1.29 is 14.3 Å². The highest BCUT2D eigenvalue weighted by molar-refractivity contribution is 6.06. The third-order valence-corrected chi connectivity index (χ3v) is 5.38. The average Bonchev–Trinajstić information content (AvgIpc) is 2.97. The summed E-state index contributed by atoms with van der Waals surface area (Å²) in [5, 5.41) is 3.59. The minimum atomic E-state index is -0.457. The maximum absolute atomic E-state index is 13.0.